The number of rotatable bonds is 5. The molecule has 1 aliphatic rings. The molecule has 1 saturated carbocycles. The number of benzene rings is 1. The van der Waals surface area contributed by atoms with Gasteiger partial charge < -0.3 is 11.1 Å². The van der Waals surface area contributed by atoms with Gasteiger partial charge >= 0.3 is 0 Å². The van der Waals surface area contributed by atoms with Crippen LogP contribution in [-0.4, -0.2) is 24.9 Å². The molecular weight excluding hydrogens is 366 g/mol. The van der Waals surface area contributed by atoms with Crippen molar-refractivity contribution in [3.05, 3.63) is 34.3 Å². The first-order valence-electron chi connectivity index (χ1n) is 6.52. The van der Waals surface area contributed by atoms with E-state index < -0.39 is 24.4 Å². The van der Waals surface area contributed by atoms with Crippen molar-refractivity contribution in [3.63, 3.8) is 0 Å². The average Bonchev–Trinajstić information content (AvgIpc) is 2.37. The predicted molar refractivity (Wildman–Crippen MR) is 83.9 cm³/mol. The molecule has 0 bridgehead atoms. The molecule has 0 unspecified atom stereocenters. The van der Waals surface area contributed by atoms with Crippen LogP contribution in [0.1, 0.15) is 24.8 Å². The summed E-state index contributed by atoms with van der Waals surface area (Å²) in [5.41, 5.74) is 5.18. The van der Waals surface area contributed by atoms with E-state index in [4.69, 9.17) is 5.73 Å². The fourth-order valence-electron chi connectivity index (χ4n) is 2.40. The van der Waals surface area contributed by atoms with Crippen LogP contribution < -0.4 is 11.1 Å². The molecule has 7 heteroatoms. The number of hydrogen-bond donors (Lipinski definition) is 2. The first kappa shape index (κ1) is 18.3. The van der Waals surface area contributed by atoms with Crippen LogP contribution >= 0.6 is 28.3 Å². The lowest BCUT2D eigenvalue weighted by molar-refractivity contribution is -0.131. The zero-order valence-electron chi connectivity index (χ0n) is 11.4. The number of alkyl halides is 2. The minimum atomic E-state index is -3.06. The Morgan fingerprint density at radius 3 is 2.33 bits per heavy atom. The van der Waals surface area contributed by atoms with Gasteiger partial charge in [-0.2, -0.15) is 0 Å². The number of nitrogens with one attached hydrogen (secondary N) is 1. The molecule has 0 atom stereocenters. The summed E-state index contributed by atoms with van der Waals surface area (Å²) >= 11 is 3.34. The van der Waals surface area contributed by atoms with Crippen LogP contribution in [0.5, 0.6) is 0 Å². The molecule has 0 aromatic heterocycles. The molecular formula is C14H18BrClF2N2O. The molecule has 0 spiro atoms. The third-order valence-electron chi connectivity index (χ3n) is 3.84. The second-order valence-electron chi connectivity index (χ2n) is 5.19. The third kappa shape index (κ3) is 3.93. The number of hydrogen-bond acceptors (Lipinski definition) is 2. The molecule has 0 saturated heterocycles. The molecule has 21 heavy (non-hydrogen) atoms. The van der Waals surface area contributed by atoms with E-state index >= 15 is 0 Å². The number of amides is 1. The van der Waals surface area contributed by atoms with Gasteiger partial charge in [-0.25, -0.2) is 8.78 Å². The summed E-state index contributed by atoms with van der Waals surface area (Å²) in [6, 6.07) is 7.45. The summed E-state index contributed by atoms with van der Waals surface area (Å²) in [5, 5.41) is 2.35. The van der Waals surface area contributed by atoms with Crippen molar-refractivity contribution in [2.45, 2.75) is 30.6 Å². The molecule has 3 nitrogen and oxygen atoms in total. The van der Waals surface area contributed by atoms with Gasteiger partial charge in [0.1, 0.15) is 0 Å². The Hall–Kier alpha value is -0.720. The molecule has 1 aromatic rings. The molecule has 3 N–H and O–H groups in total. The Kier molecular flexibility index (Phi) is 6.13. The van der Waals surface area contributed by atoms with Crippen molar-refractivity contribution in [2.75, 3.05) is 13.1 Å². The van der Waals surface area contributed by atoms with Crippen LogP contribution in [0.25, 0.3) is 0 Å². The van der Waals surface area contributed by atoms with Gasteiger partial charge in [-0.1, -0.05) is 34.5 Å². The Bertz CT molecular complexity index is 492. The van der Waals surface area contributed by atoms with E-state index in [1.165, 1.54) is 0 Å². The summed E-state index contributed by atoms with van der Waals surface area (Å²) in [6.45, 7) is -1.47. The molecule has 0 aliphatic heterocycles. The first-order chi connectivity index (χ1) is 9.39. The van der Waals surface area contributed by atoms with Gasteiger partial charge in [0.15, 0.2) is 0 Å². The van der Waals surface area contributed by atoms with Gasteiger partial charge in [-0.05, 0) is 30.5 Å². The van der Waals surface area contributed by atoms with Crippen LogP contribution in [0.3, 0.4) is 0 Å². The molecule has 1 fully saturated rings. The highest BCUT2D eigenvalue weighted by atomic mass is 79.9. The molecule has 0 radical (unpaired) electrons. The maximum atomic E-state index is 13.1. The molecule has 118 valence electrons. The first-order valence-corrected chi connectivity index (χ1v) is 7.31. The van der Waals surface area contributed by atoms with Gasteiger partial charge in [0, 0.05) is 4.47 Å². The zero-order valence-corrected chi connectivity index (χ0v) is 13.8. The van der Waals surface area contributed by atoms with Crippen LogP contribution in [0.15, 0.2) is 28.7 Å². The number of carbonyl (C=O) groups excluding carboxylic acids is 1. The Morgan fingerprint density at radius 1 is 1.33 bits per heavy atom. The lowest BCUT2D eigenvalue weighted by Gasteiger charge is -2.41. The van der Waals surface area contributed by atoms with E-state index in [-0.39, 0.29) is 18.3 Å². The normalized spacial score (nSPS) is 16.6. The van der Waals surface area contributed by atoms with E-state index in [9.17, 15) is 13.6 Å². The van der Waals surface area contributed by atoms with Gasteiger partial charge in [0.05, 0.1) is 18.5 Å². The summed E-state index contributed by atoms with van der Waals surface area (Å²) < 4.78 is 27.2. The van der Waals surface area contributed by atoms with E-state index in [2.05, 4.69) is 21.2 Å². The summed E-state index contributed by atoms with van der Waals surface area (Å²) in [7, 11) is 0. The van der Waals surface area contributed by atoms with Crippen LogP contribution in [0.4, 0.5) is 8.78 Å². The quantitative estimate of drug-likeness (QED) is 0.821. The van der Waals surface area contributed by atoms with Crippen molar-refractivity contribution >= 4 is 34.2 Å². The summed E-state index contributed by atoms with van der Waals surface area (Å²) in [5.74, 6) is -3.39. The Labute approximate surface area is 137 Å². The second kappa shape index (κ2) is 7.03. The minimum absolute atomic E-state index is 0. The highest BCUT2D eigenvalue weighted by molar-refractivity contribution is 9.10. The Balaban J connectivity index is 0.00000220. The van der Waals surface area contributed by atoms with E-state index in [1.807, 2.05) is 24.3 Å². The maximum Gasteiger partial charge on any atom is 0.277 e. The topological polar surface area (TPSA) is 55.1 Å². The van der Waals surface area contributed by atoms with Crippen LogP contribution in [-0.2, 0) is 10.2 Å². The smallest absolute Gasteiger partial charge is 0.277 e. The fraction of sp³-hybridized carbons (Fsp3) is 0.500. The van der Waals surface area contributed by atoms with Gasteiger partial charge in [0.25, 0.3) is 5.92 Å². The zero-order chi connectivity index (χ0) is 14.8. The monoisotopic (exact) mass is 382 g/mol. The van der Waals surface area contributed by atoms with Crippen molar-refractivity contribution in [3.8, 4) is 0 Å². The van der Waals surface area contributed by atoms with Crippen molar-refractivity contribution in [2.24, 2.45) is 5.73 Å². The fourth-order valence-corrected chi connectivity index (χ4v) is 2.66. The van der Waals surface area contributed by atoms with Crippen LogP contribution in [0, 0.1) is 0 Å². The van der Waals surface area contributed by atoms with Gasteiger partial charge in [-0.15, -0.1) is 12.4 Å². The minimum Gasteiger partial charge on any atom is -0.349 e. The predicted octanol–water partition coefficient (Wildman–Crippen LogP) is 3.00. The highest BCUT2D eigenvalue weighted by Gasteiger charge is 2.46. The van der Waals surface area contributed by atoms with E-state index in [1.54, 1.807) is 0 Å². The Morgan fingerprint density at radius 2 is 1.90 bits per heavy atom. The standard InChI is InChI=1S/C14H17BrF2N2O.ClH/c15-11-4-2-10(3-5-11)13(6-1-7-13)12(20)19-9-14(16,17)8-18;/h2-5H,1,6-9,18H2,(H,19,20);1H. The molecule has 0 heterocycles. The molecule has 1 aliphatic carbocycles. The van der Waals surface area contributed by atoms with Crippen molar-refractivity contribution in [1.82, 2.24) is 5.32 Å². The number of halogens is 4. The average molecular weight is 384 g/mol. The highest BCUT2D eigenvalue weighted by Crippen LogP contribution is 2.44. The van der Waals surface area contributed by atoms with Crippen molar-refractivity contribution in [1.29, 1.82) is 0 Å². The third-order valence-corrected chi connectivity index (χ3v) is 4.37. The maximum absolute atomic E-state index is 13.1. The second-order valence-corrected chi connectivity index (χ2v) is 6.10. The lowest BCUT2D eigenvalue weighted by atomic mass is 9.64. The molecule has 1 amide bonds. The van der Waals surface area contributed by atoms with Crippen LogP contribution in [0.2, 0.25) is 0 Å². The van der Waals surface area contributed by atoms with Crippen molar-refractivity contribution < 1.29 is 13.6 Å². The number of nitrogens with two attached hydrogens (primary N) is 1. The summed E-state index contributed by atoms with van der Waals surface area (Å²) in [6.07, 6.45) is 2.31. The van der Waals surface area contributed by atoms with E-state index in [0.717, 1.165) is 16.5 Å². The SMILES string of the molecule is Cl.NCC(F)(F)CNC(=O)C1(c2ccc(Br)cc2)CCC1. The lowest BCUT2D eigenvalue weighted by Crippen LogP contribution is -2.52. The largest absolute Gasteiger partial charge is 0.349 e. The number of carbonyl (C=O) groups is 1. The van der Waals surface area contributed by atoms with Gasteiger partial charge in [0.2, 0.25) is 5.91 Å². The van der Waals surface area contributed by atoms with E-state index in [0.29, 0.717) is 12.8 Å². The summed E-state index contributed by atoms with van der Waals surface area (Å²) in [4.78, 5) is 12.3. The molecule has 1 aromatic carbocycles. The van der Waals surface area contributed by atoms with Gasteiger partial charge in [-0.3, -0.25) is 4.79 Å². The molecule has 2 rings (SSSR count).